The third-order valence-corrected chi connectivity index (χ3v) is 5.98. The number of benzene rings is 1. The molecule has 8 heteroatoms. The Morgan fingerprint density at radius 1 is 1.35 bits per heavy atom. The first-order valence-corrected chi connectivity index (χ1v) is 9.64. The lowest BCUT2D eigenvalue weighted by Gasteiger charge is -2.28. The molecule has 0 bridgehead atoms. The van der Waals surface area contributed by atoms with Gasteiger partial charge >= 0.3 is 0 Å². The molecule has 2 aromatic rings. The molecule has 1 aromatic heterocycles. The van der Waals surface area contributed by atoms with E-state index in [9.17, 15) is 13.2 Å². The molecule has 1 aromatic carbocycles. The second-order valence-corrected chi connectivity index (χ2v) is 8.16. The zero-order valence-corrected chi connectivity index (χ0v) is 13.8. The fourth-order valence-electron chi connectivity index (χ4n) is 2.94. The number of hydrogen-bond donors (Lipinski definition) is 1. The standard InChI is InChI=1S/C15H20N4O3S/c1-2-3-7-19(12-6-8-23(21,22)10-12)15(20)11-4-5-13-14(9-11)17-18-16-13/h4-5,9,12H,2-3,6-8,10H2,1H3,(H,16,17,18). The lowest BCUT2D eigenvalue weighted by Crippen LogP contribution is -2.41. The van der Waals surface area contributed by atoms with Gasteiger partial charge in [0, 0.05) is 18.2 Å². The number of nitrogens with one attached hydrogen (secondary N) is 1. The van der Waals surface area contributed by atoms with Gasteiger partial charge in [-0.05, 0) is 31.0 Å². The maximum absolute atomic E-state index is 12.9. The van der Waals surface area contributed by atoms with Crippen LogP contribution in [0, 0.1) is 0 Å². The molecule has 1 aliphatic heterocycles. The van der Waals surface area contributed by atoms with Crippen LogP contribution < -0.4 is 0 Å². The number of carbonyl (C=O) groups is 1. The summed E-state index contributed by atoms with van der Waals surface area (Å²) < 4.78 is 23.5. The molecule has 1 unspecified atom stereocenters. The smallest absolute Gasteiger partial charge is 0.254 e. The minimum atomic E-state index is -3.03. The topological polar surface area (TPSA) is 96.0 Å². The van der Waals surface area contributed by atoms with E-state index >= 15 is 0 Å². The summed E-state index contributed by atoms with van der Waals surface area (Å²) in [5, 5.41) is 10.5. The van der Waals surface area contributed by atoms with E-state index in [1.807, 2.05) is 0 Å². The number of carbonyl (C=O) groups excluding carboxylic acids is 1. The molecule has 0 saturated carbocycles. The third-order valence-electron chi connectivity index (χ3n) is 4.23. The summed E-state index contributed by atoms with van der Waals surface area (Å²) in [5.74, 6) is 0.0929. The van der Waals surface area contributed by atoms with Gasteiger partial charge in [-0.15, -0.1) is 0 Å². The molecule has 1 aliphatic rings. The normalized spacial score (nSPS) is 20.0. The number of rotatable bonds is 5. The number of unbranched alkanes of at least 4 members (excludes halogenated alkanes) is 1. The van der Waals surface area contributed by atoms with Gasteiger partial charge < -0.3 is 4.90 Å². The van der Waals surface area contributed by atoms with E-state index < -0.39 is 9.84 Å². The first-order chi connectivity index (χ1) is 11.0. The zero-order valence-electron chi connectivity index (χ0n) is 13.0. The van der Waals surface area contributed by atoms with Gasteiger partial charge in [-0.2, -0.15) is 15.4 Å². The van der Waals surface area contributed by atoms with Crippen molar-refractivity contribution < 1.29 is 13.2 Å². The van der Waals surface area contributed by atoms with Gasteiger partial charge in [0.05, 0.1) is 11.5 Å². The second kappa shape index (κ2) is 6.27. The maximum atomic E-state index is 12.9. The van der Waals surface area contributed by atoms with Crippen LogP contribution in [0.4, 0.5) is 0 Å². The number of fused-ring (bicyclic) bond motifs is 1. The fourth-order valence-corrected chi connectivity index (χ4v) is 4.67. The third kappa shape index (κ3) is 3.36. The van der Waals surface area contributed by atoms with E-state index in [1.54, 1.807) is 23.1 Å². The molecule has 1 N–H and O–H groups in total. The molecule has 23 heavy (non-hydrogen) atoms. The molecular weight excluding hydrogens is 316 g/mol. The molecule has 3 rings (SSSR count). The molecule has 0 aliphatic carbocycles. The first kappa shape index (κ1) is 15.9. The van der Waals surface area contributed by atoms with Gasteiger partial charge in [-0.3, -0.25) is 4.79 Å². The Balaban J connectivity index is 1.87. The summed E-state index contributed by atoms with van der Waals surface area (Å²) >= 11 is 0. The van der Waals surface area contributed by atoms with Crippen molar-refractivity contribution in [3.05, 3.63) is 23.8 Å². The van der Waals surface area contributed by atoms with E-state index in [2.05, 4.69) is 22.3 Å². The summed E-state index contributed by atoms with van der Waals surface area (Å²) in [5.41, 5.74) is 1.85. The van der Waals surface area contributed by atoms with Crippen LogP contribution in [0.5, 0.6) is 0 Å². The lowest BCUT2D eigenvalue weighted by atomic mass is 10.1. The number of hydrogen-bond acceptors (Lipinski definition) is 5. The Kier molecular flexibility index (Phi) is 4.34. The highest BCUT2D eigenvalue weighted by molar-refractivity contribution is 7.91. The van der Waals surface area contributed by atoms with Crippen LogP contribution in [0.2, 0.25) is 0 Å². The number of amides is 1. The summed E-state index contributed by atoms with van der Waals surface area (Å²) in [6.07, 6.45) is 2.32. The second-order valence-electron chi connectivity index (χ2n) is 5.94. The van der Waals surface area contributed by atoms with E-state index in [0.717, 1.165) is 12.8 Å². The molecule has 1 saturated heterocycles. The molecule has 1 atom stereocenters. The summed E-state index contributed by atoms with van der Waals surface area (Å²) in [6.45, 7) is 2.63. The number of H-pyrrole nitrogens is 1. The van der Waals surface area contributed by atoms with Gasteiger partial charge in [-0.1, -0.05) is 13.3 Å². The number of aromatic nitrogens is 3. The van der Waals surface area contributed by atoms with Crippen molar-refractivity contribution >= 4 is 26.8 Å². The highest BCUT2D eigenvalue weighted by Gasteiger charge is 2.34. The summed E-state index contributed by atoms with van der Waals surface area (Å²) in [7, 11) is -3.03. The highest BCUT2D eigenvalue weighted by atomic mass is 32.2. The Morgan fingerprint density at radius 3 is 2.83 bits per heavy atom. The van der Waals surface area contributed by atoms with Crippen molar-refractivity contribution in [2.75, 3.05) is 18.1 Å². The fraction of sp³-hybridized carbons (Fsp3) is 0.533. The van der Waals surface area contributed by atoms with Crippen molar-refractivity contribution in [2.45, 2.75) is 32.2 Å². The molecule has 124 valence electrons. The maximum Gasteiger partial charge on any atom is 0.254 e. The van der Waals surface area contributed by atoms with Crippen LogP contribution in [-0.4, -0.2) is 58.7 Å². The van der Waals surface area contributed by atoms with Gasteiger partial charge in [0.15, 0.2) is 9.84 Å². The highest BCUT2D eigenvalue weighted by Crippen LogP contribution is 2.21. The van der Waals surface area contributed by atoms with Crippen LogP contribution in [0.1, 0.15) is 36.5 Å². The Morgan fingerprint density at radius 2 is 2.13 bits per heavy atom. The van der Waals surface area contributed by atoms with Crippen LogP contribution in [-0.2, 0) is 9.84 Å². The Bertz CT molecular complexity index is 815. The average molecular weight is 336 g/mol. The lowest BCUT2D eigenvalue weighted by molar-refractivity contribution is 0.0694. The van der Waals surface area contributed by atoms with Gasteiger partial charge in [0.1, 0.15) is 11.0 Å². The summed E-state index contributed by atoms with van der Waals surface area (Å²) in [4.78, 5) is 14.6. The Hall–Kier alpha value is -1.96. The number of aromatic amines is 1. The number of sulfone groups is 1. The molecular formula is C15H20N4O3S. The van der Waals surface area contributed by atoms with E-state index in [4.69, 9.17) is 0 Å². The van der Waals surface area contributed by atoms with Crippen LogP contribution in [0.25, 0.3) is 11.0 Å². The Labute approximate surface area is 135 Å². The van der Waals surface area contributed by atoms with Gasteiger partial charge in [0.25, 0.3) is 5.91 Å². The molecule has 0 radical (unpaired) electrons. The molecule has 1 amide bonds. The van der Waals surface area contributed by atoms with Crippen molar-refractivity contribution in [1.82, 2.24) is 20.3 Å². The van der Waals surface area contributed by atoms with Crippen molar-refractivity contribution in [3.63, 3.8) is 0 Å². The van der Waals surface area contributed by atoms with E-state index in [-0.39, 0.29) is 23.5 Å². The minimum Gasteiger partial charge on any atom is -0.335 e. The molecule has 2 heterocycles. The SMILES string of the molecule is CCCCN(C(=O)c1ccc2n[nH]nc2c1)C1CCS(=O)(=O)C1. The molecule has 7 nitrogen and oxygen atoms in total. The quantitative estimate of drug-likeness (QED) is 0.890. The van der Waals surface area contributed by atoms with Crippen molar-refractivity contribution in [3.8, 4) is 0 Å². The predicted octanol–water partition coefficient (Wildman–Crippen LogP) is 1.39. The largest absolute Gasteiger partial charge is 0.335 e. The molecule has 1 fully saturated rings. The molecule has 0 spiro atoms. The zero-order chi connectivity index (χ0) is 16.4. The van der Waals surface area contributed by atoms with Crippen LogP contribution >= 0.6 is 0 Å². The predicted molar refractivity (Wildman–Crippen MR) is 86.9 cm³/mol. The van der Waals surface area contributed by atoms with E-state index in [0.29, 0.717) is 29.6 Å². The average Bonchev–Trinajstić information content (AvgIpc) is 3.12. The van der Waals surface area contributed by atoms with Crippen LogP contribution in [0.15, 0.2) is 18.2 Å². The summed E-state index contributed by atoms with van der Waals surface area (Å²) in [6, 6.07) is 4.93. The van der Waals surface area contributed by atoms with Gasteiger partial charge in [0.2, 0.25) is 0 Å². The van der Waals surface area contributed by atoms with Crippen molar-refractivity contribution in [1.29, 1.82) is 0 Å². The van der Waals surface area contributed by atoms with Crippen LogP contribution in [0.3, 0.4) is 0 Å². The van der Waals surface area contributed by atoms with Gasteiger partial charge in [-0.25, -0.2) is 8.42 Å². The number of nitrogens with zero attached hydrogens (tertiary/aromatic N) is 3. The van der Waals surface area contributed by atoms with E-state index in [1.165, 1.54) is 0 Å². The van der Waals surface area contributed by atoms with Crippen molar-refractivity contribution in [2.24, 2.45) is 0 Å². The minimum absolute atomic E-state index is 0.0641. The first-order valence-electron chi connectivity index (χ1n) is 7.82. The monoisotopic (exact) mass is 336 g/mol.